The molecule has 0 aliphatic heterocycles. The Labute approximate surface area is 88.2 Å². The molecule has 4 heteroatoms. The van der Waals surface area contributed by atoms with E-state index in [1.54, 1.807) is 25.3 Å². The van der Waals surface area contributed by atoms with Crippen LogP contribution in [0.1, 0.15) is 13.8 Å². The minimum atomic E-state index is -0.196. The van der Waals surface area contributed by atoms with Gasteiger partial charge in [-0.05, 0) is 26.0 Å². The van der Waals surface area contributed by atoms with Gasteiger partial charge in [-0.3, -0.25) is 9.59 Å². The van der Waals surface area contributed by atoms with E-state index in [0.29, 0.717) is 12.2 Å². The molecule has 0 aliphatic rings. The molecule has 1 amide bonds. The van der Waals surface area contributed by atoms with Gasteiger partial charge in [0.15, 0.2) is 0 Å². The van der Waals surface area contributed by atoms with Gasteiger partial charge in [-0.2, -0.15) is 0 Å². The molecule has 0 saturated carbocycles. The summed E-state index contributed by atoms with van der Waals surface area (Å²) in [6.45, 7) is 4.23. The van der Waals surface area contributed by atoms with Crippen LogP contribution in [-0.4, -0.2) is 10.5 Å². The molecule has 1 aromatic rings. The lowest BCUT2D eigenvalue weighted by Gasteiger charge is -2.05. The summed E-state index contributed by atoms with van der Waals surface area (Å²) < 4.78 is 1.53. The zero-order valence-electron chi connectivity index (χ0n) is 8.86. The quantitative estimate of drug-likeness (QED) is 0.760. The van der Waals surface area contributed by atoms with Crippen molar-refractivity contribution in [2.24, 2.45) is 0 Å². The number of anilines is 1. The summed E-state index contributed by atoms with van der Waals surface area (Å²) in [7, 11) is 0. The number of pyridine rings is 1. The summed E-state index contributed by atoms with van der Waals surface area (Å²) in [5.41, 5.74) is 0.557. The van der Waals surface area contributed by atoms with Gasteiger partial charge in [0.2, 0.25) is 5.91 Å². The first-order valence-electron chi connectivity index (χ1n) is 4.81. The third-order valence-electron chi connectivity index (χ3n) is 1.91. The Morgan fingerprint density at radius 1 is 1.53 bits per heavy atom. The first-order chi connectivity index (χ1) is 7.17. The second-order valence-electron chi connectivity index (χ2n) is 3.03. The van der Waals surface area contributed by atoms with E-state index >= 15 is 0 Å². The normalized spacial score (nSPS) is 10.5. The van der Waals surface area contributed by atoms with Crippen molar-refractivity contribution in [3.8, 4) is 0 Å². The molecule has 4 nitrogen and oxygen atoms in total. The van der Waals surface area contributed by atoms with Crippen LogP contribution in [0.3, 0.4) is 0 Å². The minimum Gasteiger partial charge on any atom is -0.321 e. The Bertz CT molecular complexity index is 432. The lowest BCUT2D eigenvalue weighted by molar-refractivity contribution is -0.111. The van der Waals surface area contributed by atoms with Crippen molar-refractivity contribution in [1.82, 2.24) is 4.57 Å². The zero-order chi connectivity index (χ0) is 11.3. The van der Waals surface area contributed by atoms with Crippen molar-refractivity contribution in [2.75, 3.05) is 5.32 Å². The van der Waals surface area contributed by atoms with E-state index in [1.165, 1.54) is 16.7 Å². The number of carbonyl (C=O) groups excluding carboxylic acids is 1. The van der Waals surface area contributed by atoms with Gasteiger partial charge in [-0.15, -0.1) is 0 Å². The molecule has 1 rings (SSSR count). The summed E-state index contributed by atoms with van der Waals surface area (Å²) in [5.74, 6) is -0.196. The van der Waals surface area contributed by atoms with E-state index in [1.807, 2.05) is 6.92 Å². The van der Waals surface area contributed by atoms with Crippen LogP contribution in [0.15, 0.2) is 35.3 Å². The molecular weight excluding hydrogens is 192 g/mol. The fourth-order valence-corrected chi connectivity index (χ4v) is 1.19. The number of aryl methyl sites for hydroxylation is 1. The summed E-state index contributed by atoms with van der Waals surface area (Å²) >= 11 is 0. The average molecular weight is 206 g/mol. The van der Waals surface area contributed by atoms with Gasteiger partial charge in [0.1, 0.15) is 0 Å². The summed E-state index contributed by atoms with van der Waals surface area (Å²) in [6, 6.07) is 3.03. The lowest BCUT2D eigenvalue weighted by atomic mass is 10.4. The third kappa shape index (κ3) is 3.09. The Kier molecular flexibility index (Phi) is 3.85. The number of aromatic nitrogens is 1. The van der Waals surface area contributed by atoms with Crippen molar-refractivity contribution in [2.45, 2.75) is 20.4 Å². The number of hydrogen-bond acceptors (Lipinski definition) is 2. The average Bonchev–Trinajstić information content (AvgIpc) is 2.21. The predicted octanol–water partition coefficient (Wildman–Crippen LogP) is 1.38. The van der Waals surface area contributed by atoms with Gasteiger partial charge in [-0.25, -0.2) is 0 Å². The van der Waals surface area contributed by atoms with Gasteiger partial charge in [0.25, 0.3) is 5.56 Å². The van der Waals surface area contributed by atoms with Crippen molar-refractivity contribution < 1.29 is 4.79 Å². The first-order valence-corrected chi connectivity index (χ1v) is 4.81. The Hall–Kier alpha value is -1.84. The largest absolute Gasteiger partial charge is 0.321 e. The highest BCUT2D eigenvalue weighted by atomic mass is 16.1. The fourth-order valence-electron chi connectivity index (χ4n) is 1.19. The summed E-state index contributed by atoms with van der Waals surface area (Å²) in [4.78, 5) is 22.5. The van der Waals surface area contributed by atoms with Gasteiger partial charge in [-0.1, -0.05) is 6.08 Å². The van der Waals surface area contributed by atoms with E-state index in [4.69, 9.17) is 0 Å². The van der Waals surface area contributed by atoms with Crippen LogP contribution in [-0.2, 0) is 11.3 Å². The number of allylic oxidation sites excluding steroid dienone is 1. The van der Waals surface area contributed by atoms with Gasteiger partial charge in [0.05, 0.1) is 5.69 Å². The SMILES string of the molecule is CC=CC(=O)Nc1ccc(=O)n(CC)c1. The molecule has 0 bridgehead atoms. The highest BCUT2D eigenvalue weighted by Crippen LogP contribution is 2.02. The number of rotatable bonds is 3. The lowest BCUT2D eigenvalue weighted by Crippen LogP contribution is -2.19. The minimum absolute atomic E-state index is 0.0680. The first kappa shape index (κ1) is 11.2. The van der Waals surface area contributed by atoms with E-state index < -0.39 is 0 Å². The molecule has 0 aromatic carbocycles. The number of nitrogens with one attached hydrogen (secondary N) is 1. The van der Waals surface area contributed by atoms with Crippen LogP contribution in [0.2, 0.25) is 0 Å². The number of hydrogen-bond donors (Lipinski definition) is 1. The van der Waals surface area contributed by atoms with Crippen LogP contribution in [0.25, 0.3) is 0 Å². The van der Waals surface area contributed by atoms with Crippen LogP contribution in [0, 0.1) is 0 Å². The van der Waals surface area contributed by atoms with Gasteiger partial charge < -0.3 is 9.88 Å². The molecule has 1 aromatic heterocycles. The molecule has 1 heterocycles. The van der Waals surface area contributed by atoms with Crippen molar-refractivity contribution in [1.29, 1.82) is 0 Å². The highest BCUT2D eigenvalue weighted by molar-refractivity contribution is 5.99. The van der Waals surface area contributed by atoms with Crippen molar-refractivity contribution >= 4 is 11.6 Å². The smallest absolute Gasteiger partial charge is 0.250 e. The fraction of sp³-hybridized carbons (Fsp3) is 0.273. The van der Waals surface area contributed by atoms with E-state index in [-0.39, 0.29) is 11.5 Å². The molecule has 0 aliphatic carbocycles. The molecule has 80 valence electrons. The predicted molar refractivity (Wildman–Crippen MR) is 59.8 cm³/mol. The molecule has 0 unspecified atom stereocenters. The molecule has 0 saturated heterocycles. The Morgan fingerprint density at radius 2 is 2.27 bits per heavy atom. The monoisotopic (exact) mass is 206 g/mol. The zero-order valence-corrected chi connectivity index (χ0v) is 8.86. The molecular formula is C11H14N2O2. The number of nitrogens with zero attached hydrogens (tertiary/aromatic N) is 1. The second-order valence-corrected chi connectivity index (χ2v) is 3.03. The highest BCUT2D eigenvalue weighted by Gasteiger charge is 1.99. The van der Waals surface area contributed by atoms with Gasteiger partial charge in [0, 0.05) is 18.8 Å². The van der Waals surface area contributed by atoms with E-state index in [0.717, 1.165) is 0 Å². The number of carbonyl (C=O) groups is 1. The van der Waals surface area contributed by atoms with Crippen LogP contribution in [0.5, 0.6) is 0 Å². The molecule has 0 fully saturated rings. The van der Waals surface area contributed by atoms with E-state index in [9.17, 15) is 9.59 Å². The molecule has 0 radical (unpaired) electrons. The van der Waals surface area contributed by atoms with Crippen molar-refractivity contribution in [3.63, 3.8) is 0 Å². The van der Waals surface area contributed by atoms with Crippen LogP contribution >= 0.6 is 0 Å². The summed E-state index contributed by atoms with van der Waals surface area (Å²) in [5, 5.41) is 2.66. The maximum atomic E-state index is 11.3. The molecule has 0 atom stereocenters. The van der Waals surface area contributed by atoms with Crippen LogP contribution in [0.4, 0.5) is 5.69 Å². The Balaban J connectivity index is 2.87. The summed E-state index contributed by atoms with van der Waals surface area (Å²) in [6.07, 6.45) is 4.72. The number of amides is 1. The topological polar surface area (TPSA) is 51.1 Å². The molecule has 1 N–H and O–H groups in total. The van der Waals surface area contributed by atoms with Gasteiger partial charge >= 0.3 is 0 Å². The maximum Gasteiger partial charge on any atom is 0.250 e. The van der Waals surface area contributed by atoms with Crippen LogP contribution < -0.4 is 10.9 Å². The Morgan fingerprint density at radius 3 is 2.87 bits per heavy atom. The van der Waals surface area contributed by atoms with Crippen molar-refractivity contribution in [3.05, 3.63) is 40.8 Å². The molecule has 0 spiro atoms. The third-order valence-corrected chi connectivity index (χ3v) is 1.91. The standard InChI is InChI=1S/C11H14N2O2/c1-3-5-10(14)12-9-6-7-11(15)13(4-2)8-9/h3,5-8H,4H2,1-2H3,(H,12,14). The van der Waals surface area contributed by atoms with E-state index in [2.05, 4.69) is 5.32 Å². The molecule has 15 heavy (non-hydrogen) atoms. The second kappa shape index (κ2) is 5.14. The maximum absolute atomic E-state index is 11.3.